The Hall–Kier alpha value is -5.89. The van der Waals surface area contributed by atoms with Crippen molar-refractivity contribution in [1.29, 1.82) is 0 Å². The third-order valence-electron chi connectivity index (χ3n) is 7.83. The number of amides is 4. The number of thiazole rings is 2. The van der Waals surface area contributed by atoms with Gasteiger partial charge in [-0.1, -0.05) is 16.8 Å². The van der Waals surface area contributed by atoms with Crippen molar-refractivity contribution < 1.29 is 57.1 Å². The second-order valence-corrected chi connectivity index (χ2v) is 15.8. The van der Waals surface area contributed by atoms with E-state index >= 15 is 0 Å². The molecule has 0 radical (unpaired) electrons. The number of halogens is 1. The van der Waals surface area contributed by atoms with Gasteiger partial charge in [-0.2, -0.15) is 13.5 Å². The van der Waals surface area contributed by atoms with E-state index in [4.69, 9.17) is 22.2 Å². The maximum absolute atomic E-state index is 13.3. The van der Waals surface area contributed by atoms with Crippen LogP contribution in [0.25, 0.3) is 10.6 Å². The van der Waals surface area contributed by atoms with E-state index in [1.165, 1.54) is 23.8 Å². The molecule has 22 nitrogen and oxygen atoms in total. The number of hydrogen-bond acceptors (Lipinski definition) is 17. The number of nitrogen functional groups attached to an aromatic ring is 1. The van der Waals surface area contributed by atoms with Crippen LogP contribution in [0.15, 0.2) is 41.3 Å². The number of nitrogens with one attached hydrogen (secondary N) is 3. The predicted molar refractivity (Wildman–Crippen MR) is 197 cm³/mol. The van der Waals surface area contributed by atoms with Crippen LogP contribution in [0.1, 0.15) is 46.0 Å². The first-order chi connectivity index (χ1) is 26.3. The van der Waals surface area contributed by atoms with Crippen LogP contribution in [0.4, 0.5) is 5.13 Å². The molecule has 4 aromatic rings. The molecular formula is C30H31ClN10O12S3. The van der Waals surface area contributed by atoms with Gasteiger partial charge in [0, 0.05) is 36.8 Å². The number of carboxylic acids is 1. The number of nitrogens with zero attached hydrogens (tertiary/aromatic N) is 6. The van der Waals surface area contributed by atoms with Crippen molar-refractivity contribution in [2.24, 2.45) is 5.16 Å². The molecule has 5 rings (SSSR count). The van der Waals surface area contributed by atoms with Gasteiger partial charge in [0.2, 0.25) is 5.60 Å². The van der Waals surface area contributed by atoms with E-state index < -0.39 is 81.3 Å². The molecule has 2 atom stereocenters. The van der Waals surface area contributed by atoms with Crippen LogP contribution >= 0.6 is 34.3 Å². The normalized spacial score (nSPS) is 15.9. The molecule has 0 bridgehead atoms. The molecule has 0 aliphatic carbocycles. The van der Waals surface area contributed by atoms with Crippen molar-refractivity contribution in [2.45, 2.75) is 44.5 Å². The van der Waals surface area contributed by atoms with Crippen molar-refractivity contribution in [3.8, 4) is 22.1 Å². The smallest absolute Gasteiger partial charge is 0.362 e. The minimum absolute atomic E-state index is 0.0107. The number of oxime groups is 1. The number of nitrogens with two attached hydrogens (primary N) is 1. The van der Waals surface area contributed by atoms with Crippen LogP contribution < -0.4 is 21.7 Å². The molecule has 1 saturated heterocycles. The van der Waals surface area contributed by atoms with Gasteiger partial charge in [-0.05, 0) is 32.4 Å². The van der Waals surface area contributed by atoms with Crippen LogP contribution in [0.3, 0.4) is 0 Å². The summed E-state index contributed by atoms with van der Waals surface area (Å²) in [6.07, 6.45) is 4.84. The van der Waals surface area contributed by atoms with Gasteiger partial charge in [0.05, 0.1) is 29.0 Å². The second-order valence-electron chi connectivity index (χ2n) is 12.2. The number of anilines is 1. The molecule has 1 fully saturated rings. The highest BCUT2D eigenvalue weighted by molar-refractivity contribution is 7.84. The summed E-state index contributed by atoms with van der Waals surface area (Å²) in [5, 5.41) is 45.3. The van der Waals surface area contributed by atoms with Gasteiger partial charge in [-0.3, -0.25) is 28.4 Å². The molecule has 26 heteroatoms. The van der Waals surface area contributed by atoms with E-state index in [0.29, 0.717) is 23.5 Å². The predicted octanol–water partition coefficient (Wildman–Crippen LogP) is 0.442. The van der Waals surface area contributed by atoms with Gasteiger partial charge >= 0.3 is 16.3 Å². The lowest BCUT2D eigenvalue weighted by atomic mass is 9.98. The fourth-order valence-electron chi connectivity index (χ4n) is 4.83. The Morgan fingerprint density at radius 2 is 1.88 bits per heavy atom. The first kappa shape index (κ1) is 41.3. The summed E-state index contributed by atoms with van der Waals surface area (Å²) >= 11 is 7.80. The molecular weight excluding hydrogens is 824 g/mol. The Bertz CT molecular complexity index is 2340. The van der Waals surface area contributed by atoms with Crippen LogP contribution in [-0.4, -0.2) is 118 Å². The Labute approximate surface area is 328 Å². The highest BCUT2D eigenvalue weighted by Crippen LogP contribution is 2.35. The summed E-state index contributed by atoms with van der Waals surface area (Å²) in [4.78, 5) is 76.4. The quantitative estimate of drug-likeness (QED) is 0.0189. The molecule has 1 aromatic carbocycles. The lowest BCUT2D eigenvalue weighted by molar-refractivity contribution is -0.161. The molecule has 0 spiro atoms. The Morgan fingerprint density at radius 3 is 2.54 bits per heavy atom. The molecule has 298 valence electrons. The molecule has 1 aliphatic heterocycles. The van der Waals surface area contributed by atoms with E-state index in [2.05, 4.69) is 36.2 Å². The monoisotopic (exact) mass is 854 g/mol. The summed E-state index contributed by atoms with van der Waals surface area (Å²) in [5.74, 6) is -6.16. The minimum Gasteiger partial charge on any atom is -0.504 e. The SMILES string of the molecule is CC(C)(O/N=C(\C(=O)NC1C(=O)N(S(=O)(=O)O)C1CNC(=O)c1cnc(-c2cnn(CCCNC(=O)c3ccc(O)c(O)c3Cl)c2)s1)c1csc(N)n1)C(=O)O. The number of benzene rings is 1. The lowest BCUT2D eigenvalue weighted by Gasteiger charge is -2.44. The number of aromatic nitrogens is 4. The zero-order valence-corrected chi connectivity index (χ0v) is 32.1. The number of aliphatic carboxylic acids is 1. The summed E-state index contributed by atoms with van der Waals surface area (Å²) in [7, 11) is -5.14. The standard InChI is InChI=1S/C30H31ClN10O12S3/c1-30(2,28(48)49)53-39-20(15-12-54-29(32)37-15)25(46)38-21-16(41(27(21)47)56(50,51)52)9-34-24(45)18-10-35-26(55-18)13-8-36-40(11-13)7-3-6-33-23(44)14-4-5-17(42)22(43)19(14)31/h4-5,8,10-12,16,21,42-43H,3,6-7,9H2,1-2H3,(H2,32,37)(H,33,44)(H,34,45)(H,38,46)(H,48,49)(H,50,51,52)/b39-20-. The number of rotatable bonds is 16. The topological polar surface area (TPSA) is 331 Å². The average Bonchev–Trinajstić information content (AvgIpc) is 3.90. The molecule has 4 heterocycles. The van der Waals surface area contributed by atoms with Crippen molar-refractivity contribution in [2.75, 3.05) is 18.8 Å². The minimum atomic E-state index is -5.14. The van der Waals surface area contributed by atoms with E-state index in [9.17, 15) is 52.3 Å². The summed E-state index contributed by atoms with van der Waals surface area (Å²) in [6, 6.07) is -0.713. The number of hydrogen-bond donors (Lipinski definition) is 8. The number of carbonyl (C=O) groups excluding carboxylic acids is 4. The first-order valence-corrected chi connectivity index (χ1v) is 19.3. The third kappa shape index (κ3) is 9.14. The molecule has 2 unspecified atom stereocenters. The highest BCUT2D eigenvalue weighted by Gasteiger charge is 2.54. The zero-order chi connectivity index (χ0) is 41.1. The Balaban J connectivity index is 1.19. The van der Waals surface area contributed by atoms with Crippen LogP contribution in [-0.2, 0) is 36.1 Å². The van der Waals surface area contributed by atoms with E-state index in [1.54, 1.807) is 10.9 Å². The largest absolute Gasteiger partial charge is 0.504 e. The van der Waals surface area contributed by atoms with Crippen molar-refractivity contribution in [3.05, 3.63) is 57.3 Å². The summed E-state index contributed by atoms with van der Waals surface area (Å²) in [6.45, 7) is 2.32. The second kappa shape index (κ2) is 16.5. The van der Waals surface area contributed by atoms with Crippen LogP contribution in [0.2, 0.25) is 5.02 Å². The van der Waals surface area contributed by atoms with Gasteiger partial charge in [0.25, 0.3) is 23.6 Å². The number of β-lactam (4-membered cyclic amide) rings is 1. The number of aromatic hydroxyl groups is 2. The average molecular weight is 855 g/mol. The van der Waals surface area contributed by atoms with E-state index in [0.717, 1.165) is 42.6 Å². The van der Waals surface area contributed by atoms with Crippen LogP contribution in [0.5, 0.6) is 11.5 Å². The van der Waals surface area contributed by atoms with Gasteiger partial charge in [-0.25, -0.2) is 19.1 Å². The Morgan fingerprint density at radius 1 is 1.14 bits per heavy atom. The maximum atomic E-state index is 13.3. The molecule has 0 saturated carbocycles. The number of phenolic OH excluding ortho intramolecular Hbond substituents is 2. The number of phenols is 2. The van der Waals surface area contributed by atoms with Gasteiger partial charge in [-0.15, -0.1) is 22.7 Å². The van der Waals surface area contributed by atoms with Gasteiger partial charge < -0.3 is 41.8 Å². The zero-order valence-electron chi connectivity index (χ0n) is 28.9. The molecule has 56 heavy (non-hydrogen) atoms. The fourth-order valence-corrected chi connectivity index (χ4v) is 7.31. The molecule has 1 aliphatic rings. The molecule has 3 aromatic heterocycles. The molecule has 4 amide bonds. The summed E-state index contributed by atoms with van der Waals surface area (Å²) in [5.41, 5.74) is 3.55. The lowest BCUT2D eigenvalue weighted by Crippen LogP contribution is -2.74. The summed E-state index contributed by atoms with van der Waals surface area (Å²) < 4.78 is 35.4. The van der Waals surface area contributed by atoms with E-state index in [-0.39, 0.29) is 37.1 Å². The van der Waals surface area contributed by atoms with Crippen molar-refractivity contribution in [1.82, 2.24) is 40.0 Å². The van der Waals surface area contributed by atoms with Crippen molar-refractivity contribution in [3.63, 3.8) is 0 Å². The highest BCUT2D eigenvalue weighted by atomic mass is 35.5. The number of aryl methyl sites for hydroxylation is 1. The maximum Gasteiger partial charge on any atom is 0.362 e. The number of carboxylic acid groups (broad SMARTS) is 1. The third-order valence-corrected chi connectivity index (χ3v) is 10.9. The van der Waals surface area contributed by atoms with Gasteiger partial charge in [0.15, 0.2) is 22.3 Å². The Kier molecular flexibility index (Phi) is 12.1. The fraction of sp³-hybridized carbons (Fsp3) is 0.300. The van der Waals surface area contributed by atoms with E-state index in [1.807, 2.05) is 0 Å². The van der Waals surface area contributed by atoms with Crippen molar-refractivity contribution >= 4 is 85.0 Å². The molecule has 9 N–H and O–H groups in total. The number of carbonyl (C=O) groups is 5. The van der Waals surface area contributed by atoms with Crippen LogP contribution in [0, 0.1) is 0 Å². The van der Waals surface area contributed by atoms with Gasteiger partial charge in [0.1, 0.15) is 21.6 Å². The first-order valence-electron chi connectivity index (χ1n) is 15.9.